The van der Waals surface area contributed by atoms with Crippen molar-refractivity contribution in [2.24, 2.45) is 0 Å². The molecule has 0 atom stereocenters. The van der Waals surface area contributed by atoms with Crippen LogP contribution in [0.1, 0.15) is 30.2 Å². The van der Waals surface area contributed by atoms with Gasteiger partial charge >= 0.3 is 0 Å². The van der Waals surface area contributed by atoms with Gasteiger partial charge in [0.15, 0.2) is 0 Å². The molecule has 3 aromatic rings. The minimum absolute atomic E-state index is 0.723. The first-order chi connectivity index (χ1) is 13.6. The molecule has 0 unspecified atom stereocenters. The van der Waals surface area contributed by atoms with Gasteiger partial charge in [-0.1, -0.05) is 56.0 Å². The lowest BCUT2D eigenvalue weighted by Gasteiger charge is -2.18. The minimum Gasteiger partial charge on any atom is -0.381 e. The Morgan fingerprint density at radius 3 is 2.18 bits per heavy atom. The van der Waals surface area contributed by atoms with Gasteiger partial charge in [-0.3, -0.25) is 4.98 Å². The summed E-state index contributed by atoms with van der Waals surface area (Å²) in [5, 5.41) is 3.39. The maximum Gasteiger partial charge on any atom is 0.0416 e. The molecule has 144 valence electrons. The molecule has 0 saturated carbocycles. The van der Waals surface area contributed by atoms with E-state index in [9.17, 15) is 0 Å². The first-order valence-electron chi connectivity index (χ1n) is 9.83. The fourth-order valence-electron chi connectivity index (χ4n) is 3.15. The van der Waals surface area contributed by atoms with E-state index in [1.807, 2.05) is 19.2 Å². The Labute approximate surface area is 168 Å². The predicted octanol–water partition coefficient (Wildman–Crippen LogP) is 5.66. The smallest absolute Gasteiger partial charge is 0.0416 e. The Bertz CT molecular complexity index is 894. The lowest BCUT2D eigenvalue weighted by Crippen LogP contribution is -2.17. The van der Waals surface area contributed by atoms with Crippen LogP contribution in [0.15, 0.2) is 73.4 Å². The molecular formula is C25H29N3. The van der Waals surface area contributed by atoms with E-state index in [0.717, 1.165) is 42.0 Å². The molecule has 0 saturated heterocycles. The number of hydrogen-bond acceptors (Lipinski definition) is 3. The van der Waals surface area contributed by atoms with Gasteiger partial charge in [0.25, 0.3) is 0 Å². The summed E-state index contributed by atoms with van der Waals surface area (Å²) in [7, 11) is 2.14. The van der Waals surface area contributed by atoms with E-state index >= 15 is 0 Å². The normalized spacial score (nSPS) is 10.5. The highest BCUT2D eigenvalue weighted by Crippen LogP contribution is 2.24. The van der Waals surface area contributed by atoms with E-state index in [2.05, 4.69) is 90.3 Å². The summed E-state index contributed by atoms with van der Waals surface area (Å²) in [6.07, 6.45) is 3.05. The Kier molecular flexibility index (Phi) is 6.49. The average Bonchev–Trinajstić information content (AvgIpc) is 2.73. The van der Waals surface area contributed by atoms with E-state index in [1.165, 1.54) is 16.8 Å². The fourth-order valence-corrected chi connectivity index (χ4v) is 3.15. The Morgan fingerprint density at radius 1 is 0.964 bits per heavy atom. The van der Waals surface area contributed by atoms with Crippen LogP contribution in [0, 0.1) is 6.92 Å². The molecule has 0 fully saturated rings. The van der Waals surface area contributed by atoms with Crippen LogP contribution >= 0.6 is 0 Å². The van der Waals surface area contributed by atoms with Crippen LogP contribution in [0.25, 0.3) is 16.8 Å². The number of rotatable bonds is 8. The molecule has 0 aliphatic carbocycles. The van der Waals surface area contributed by atoms with Crippen LogP contribution in [-0.2, 0) is 6.54 Å². The Morgan fingerprint density at radius 2 is 1.61 bits per heavy atom. The van der Waals surface area contributed by atoms with Gasteiger partial charge in [0.2, 0.25) is 0 Å². The summed E-state index contributed by atoms with van der Waals surface area (Å²) in [6.45, 7) is 10.2. The van der Waals surface area contributed by atoms with Crippen LogP contribution < -0.4 is 10.2 Å². The number of anilines is 1. The van der Waals surface area contributed by atoms with Crippen molar-refractivity contribution >= 4 is 11.4 Å². The van der Waals surface area contributed by atoms with Gasteiger partial charge in [-0.15, -0.1) is 0 Å². The standard InChI is InChI=1S/C25H29N3/c1-5-16-28(4)25-14-12-24(13-15-25)23-10-8-22(9-11-23)20(3)27-18-21-7-6-19(2)26-17-21/h6-15,17,27H,3,5,16,18H2,1-2,4H3. The van der Waals surface area contributed by atoms with Gasteiger partial charge in [0.05, 0.1) is 0 Å². The quantitative estimate of drug-likeness (QED) is 0.553. The highest BCUT2D eigenvalue weighted by Gasteiger charge is 2.04. The molecule has 28 heavy (non-hydrogen) atoms. The van der Waals surface area contributed by atoms with Crippen molar-refractivity contribution in [3.8, 4) is 11.1 Å². The minimum atomic E-state index is 0.723. The number of nitrogens with zero attached hydrogens (tertiary/aromatic N) is 2. The van der Waals surface area contributed by atoms with Crippen LogP contribution in [-0.4, -0.2) is 18.6 Å². The van der Waals surface area contributed by atoms with E-state index in [-0.39, 0.29) is 0 Å². The van der Waals surface area contributed by atoms with Gasteiger partial charge < -0.3 is 10.2 Å². The summed E-state index contributed by atoms with van der Waals surface area (Å²) < 4.78 is 0. The Hall–Kier alpha value is -3.07. The molecule has 0 radical (unpaired) electrons. The molecular weight excluding hydrogens is 342 g/mol. The monoisotopic (exact) mass is 371 g/mol. The lowest BCUT2D eigenvalue weighted by molar-refractivity contribution is 0.852. The molecule has 1 heterocycles. The van der Waals surface area contributed by atoms with Gasteiger partial charge in [-0.25, -0.2) is 0 Å². The highest BCUT2D eigenvalue weighted by molar-refractivity contribution is 5.70. The summed E-state index contributed by atoms with van der Waals surface area (Å²) in [4.78, 5) is 6.61. The molecule has 0 aliphatic heterocycles. The molecule has 0 spiro atoms. The zero-order valence-electron chi connectivity index (χ0n) is 17.1. The SMILES string of the molecule is C=C(NCc1ccc(C)nc1)c1ccc(-c2ccc(N(C)CCC)cc2)cc1. The molecule has 2 aromatic carbocycles. The number of hydrogen-bond donors (Lipinski definition) is 1. The van der Waals surface area contributed by atoms with E-state index in [0.29, 0.717) is 0 Å². The maximum absolute atomic E-state index is 4.33. The van der Waals surface area contributed by atoms with Gasteiger partial charge in [0.1, 0.15) is 0 Å². The molecule has 0 amide bonds. The van der Waals surface area contributed by atoms with Crippen molar-refractivity contribution in [2.45, 2.75) is 26.8 Å². The van der Waals surface area contributed by atoms with Crippen molar-refractivity contribution in [3.05, 3.63) is 90.3 Å². The fraction of sp³-hybridized carbons (Fsp3) is 0.240. The Balaban J connectivity index is 1.62. The largest absolute Gasteiger partial charge is 0.381 e. The van der Waals surface area contributed by atoms with Crippen LogP contribution in [0.4, 0.5) is 5.69 Å². The molecule has 3 nitrogen and oxygen atoms in total. The van der Waals surface area contributed by atoms with Crippen molar-refractivity contribution in [3.63, 3.8) is 0 Å². The molecule has 0 bridgehead atoms. The average molecular weight is 372 g/mol. The second kappa shape index (κ2) is 9.23. The third kappa shape index (κ3) is 5.01. The van der Waals surface area contributed by atoms with Gasteiger partial charge in [0, 0.05) is 43.4 Å². The molecule has 3 rings (SSSR count). The lowest BCUT2D eigenvalue weighted by atomic mass is 10.0. The maximum atomic E-state index is 4.33. The third-order valence-corrected chi connectivity index (χ3v) is 4.91. The van der Waals surface area contributed by atoms with Crippen molar-refractivity contribution in [1.29, 1.82) is 0 Å². The number of aromatic nitrogens is 1. The van der Waals surface area contributed by atoms with E-state index in [1.54, 1.807) is 0 Å². The van der Waals surface area contributed by atoms with E-state index in [4.69, 9.17) is 0 Å². The zero-order valence-corrected chi connectivity index (χ0v) is 17.1. The van der Waals surface area contributed by atoms with Crippen LogP contribution in [0.2, 0.25) is 0 Å². The summed E-state index contributed by atoms with van der Waals surface area (Å²) in [5.41, 5.74) is 7.89. The highest BCUT2D eigenvalue weighted by atomic mass is 15.1. The summed E-state index contributed by atoms with van der Waals surface area (Å²) in [6, 6.07) is 21.4. The first kappa shape index (κ1) is 19.7. The predicted molar refractivity (Wildman–Crippen MR) is 120 cm³/mol. The molecule has 1 aromatic heterocycles. The van der Waals surface area contributed by atoms with Crippen molar-refractivity contribution in [2.75, 3.05) is 18.5 Å². The second-order valence-electron chi connectivity index (χ2n) is 7.19. The number of nitrogens with one attached hydrogen (secondary N) is 1. The molecule has 1 N–H and O–H groups in total. The summed E-state index contributed by atoms with van der Waals surface area (Å²) >= 11 is 0. The number of aryl methyl sites for hydroxylation is 1. The second-order valence-corrected chi connectivity index (χ2v) is 7.19. The number of pyridine rings is 1. The molecule has 3 heteroatoms. The van der Waals surface area contributed by atoms with Crippen LogP contribution in [0.5, 0.6) is 0 Å². The third-order valence-electron chi connectivity index (χ3n) is 4.91. The van der Waals surface area contributed by atoms with Crippen LogP contribution in [0.3, 0.4) is 0 Å². The van der Waals surface area contributed by atoms with Crippen molar-refractivity contribution in [1.82, 2.24) is 10.3 Å². The van der Waals surface area contributed by atoms with Gasteiger partial charge in [-0.05, 0) is 53.8 Å². The topological polar surface area (TPSA) is 28.2 Å². The first-order valence-corrected chi connectivity index (χ1v) is 9.83. The summed E-state index contributed by atoms with van der Waals surface area (Å²) in [5.74, 6) is 0. The van der Waals surface area contributed by atoms with Crippen molar-refractivity contribution < 1.29 is 0 Å². The van der Waals surface area contributed by atoms with Gasteiger partial charge in [-0.2, -0.15) is 0 Å². The molecule has 0 aliphatic rings. The number of benzene rings is 2. The van der Waals surface area contributed by atoms with E-state index < -0.39 is 0 Å². The zero-order chi connectivity index (χ0) is 19.9.